The molecule has 0 atom stereocenters. The van der Waals surface area contributed by atoms with Gasteiger partial charge in [-0.2, -0.15) is 0 Å². The van der Waals surface area contributed by atoms with E-state index in [0.717, 1.165) is 8.95 Å². The Kier molecular flexibility index (Phi) is 7.73. The SMILES string of the molecule is CC(C(Br)(Br)Oc1ccccc1Br)C(Br)(Br)Oc1ccccc1Br. The number of ether oxygens (including phenoxy) is 2. The minimum absolute atomic E-state index is 0.204. The Hall–Kier alpha value is 0.920. The van der Waals surface area contributed by atoms with E-state index in [-0.39, 0.29) is 5.92 Å². The average molecular weight is 716 g/mol. The molecule has 2 rings (SSSR count). The molecule has 8 heteroatoms. The highest BCUT2D eigenvalue weighted by molar-refractivity contribution is 9.26. The molecule has 0 N–H and O–H groups in total. The molecular formula is C16H12Br6O2. The molecule has 0 unspecified atom stereocenters. The first-order valence-electron chi connectivity index (χ1n) is 6.76. The van der Waals surface area contributed by atoms with Crippen LogP contribution in [0.1, 0.15) is 6.92 Å². The molecule has 0 aliphatic rings. The third kappa shape index (κ3) is 5.46. The van der Waals surface area contributed by atoms with Crippen LogP contribution >= 0.6 is 95.6 Å². The van der Waals surface area contributed by atoms with Crippen molar-refractivity contribution in [1.82, 2.24) is 0 Å². The van der Waals surface area contributed by atoms with Gasteiger partial charge in [0.05, 0.1) is 14.9 Å². The van der Waals surface area contributed by atoms with Crippen LogP contribution in [0.4, 0.5) is 0 Å². The summed E-state index contributed by atoms with van der Waals surface area (Å²) in [6.07, 6.45) is 0. The number of halogens is 6. The molecule has 0 heterocycles. The Morgan fingerprint density at radius 2 is 1.04 bits per heavy atom. The zero-order valence-corrected chi connectivity index (χ0v) is 21.8. The van der Waals surface area contributed by atoms with Gasteiger partial charge in [-0.15, -0.1) is 0 Å². The lowest BCUT2D eigenvalue weighted by Gasteiger charge is -2.37. The molecule has 0 saturated carbocycles. The summed E-state index contributed by atoms with van der Waals surface area (Å²) in [4.78, 5) is 0. The van der Waals surface area contributed by atoms with Crippen LogP contribution in [0.25, 0.3) is 0 Å². The Morgan fingerprint density at radius 3 is 1.38 bits per heavy atom. The van der Waals surface area contributed by atoms with Crippen LogP contribution in [-0.4, -0.2) is 6.84 Å². The van der Waals surface area contributed by atoms with E-state index in [9.17, 15) is 0 Å². The molecule has 0 aliphatic heterocycles. The van der Waals surface area contributed by atoms with E-state index in [2.05, 4.69) is 95.6 Å². The van der Waals surface area contributed by atoms with Gasteiger partial charge in [0, 0.05) is 0 Å². The molecule has 0 radical (unpaired) electrons. The highest BCUT2D eigenvalue weighted by Crippen LogP contribution is 2.50. The first-order valence-corrected chi connectivity index (χ1v) is 11.5. The third-order valence-corrected chi connectivity index (χ3v) is 7.88. The predicted molar refractivity (Wildman–Crippen MR) is 120 cm³/mol. The molecule has 2 aromatic carbocycles. The summed E-state index contributed by atoms with van der Waals surface area (Å²) in [5, 5.41) is 0. The van der Waals surface area contributed by atoms with Crippen LogP contribution in [0, 0.1) is 5.92 Å². The monoisotopic (exact) mass is 710 g/mol. The van der Waals surface area contributed by atoms with Gasteiger partial charge in [0.25, 0.3) is 0 Å². The molecule has 0 saturated heterocycles. The van der Waals surface area contributed by atoms with Crippen molar-refractivity contribution in [3.63, 3.8) is 0 Å². The van der Waals surface area contributed by atoms with Gasteiger partial charge in [-0.25, -0.2) is 0 Å². The van der Waals surface area contributed by atoms with Gasteiger partial charge in [-0.1, -0.05) is 31.2 Å². The largest absolute Gasteiger partial charge is 0.464 e. The van der Waals surface area contributed by atoms with Crippen molar-refractivity contribution in [2.24, 2.45) is 5.92 Å². The fourth-order valence-electron chi connectivity index (χ4n) is 1.72. The fourth-order valence-corrected chi connectivity index (χ4v) is 5.67. The lowest BCUT2D eigenvalue weighted by molar-refractivity contribution is 0.122. The van der Waals surface area contributed by atoms with E-state index >= 15 is 0 Å². The molecule has 0 spiro atoms. The van der Waals surface area contributed by atoms with E-state index in [1.54, 1.807) is 0 Å². The van der Waals surface area contributed by atoms with Gasteiger partial charge in [-0.3, -0.25) is 0 Å². The molecule has 0 bridgehead atoms. The summed E-state index contributed by atoms with van der Waals surface area (Å²) in [7, 11) is 0. The Bertz CT molecular complexity index is 645. The molecule has 0 aromatic heterocycles. The number of hydrogen-bond acceptors (Lipinski definition) is 2. The number of benzene rings is 2. The maximum Gasteiger partial charge on any atom is 0.226 e. The topological polar surface area (TPSA) is 18.5 Å². The standard InChI is InChI=1S/C16H12Br6O2/c1-10(15(19,20)23-13-8-4-2-6-11(13)17)16(21,22)24-14-9-5-3-7-12(14)18/h2-10H,1H3. The maximum atomic E-state index is 6.08. The van der Waals surface area contributed by atoms with Gasteiger partial charge >= 0.3 is 0 Å². The van der Waals surface area contributed by atoms with Gasteiger partial charge in [0.15, 0.2) is 0 Å². The van der Waals surface area contributed by atoms with Gasteiger partial charge < -0.3 is 9.47 Å². The number of para-hydroxylation sites is 2. The lowest BCUT2D eigenvalue weighted by atomic mass is 10.2. The van der Waals surface area contributed by atoms with E-state index < -0.39 is 6.84 Å². The van der Waals surface area contributed by atoms with Crippen molar-refractivity contribution in [3.8, 4) is 11.5 Å². The quantitative estimate of drug-likeness (QED) is 0.281. The lowest BCUT2D eigenvalue weighted by Crippen LogP contribution is -2.43. The molecule has 24 heavy (non-hydrogen) atoms. The normalized spacial score (nSPS) is 12.3. The fraction of sp³-hybridized carbons (Fsp3) is 0.250. The van der Waals surface area contributed by atoms with Gasteiger partial charge in [0.2, 0.25) is 6.84 Å². The Morgan fingerprint density at radius 1 is 0.708 bits per heavy atom. The van der Waals surface area contributed by atoms with Crippen molar-refractivity contribution < 1.29 is 9.47 Å². The van der Waals surface area contributed by atoms with Crippen molar-refractivity contribution in [1.29, 1.82) is 0 Å². The van der Waals surface area contributed by atoms with Crippen LogP contribution in [0.3, 0.4) is 0 Å². The zero-order chi connectivity index (χ0) is 18.0. The van der Waals surface area contributed by atoms with Crippen LogP contribution in [0.2, 0.25) is 0 Å². The van der Waals surface area contributed by atoms with E-state index in [4.69, 9.17) is 9.47 Å². The molecular weight excluding hydrogens is 704 g/mol. The summed E-state index contributed by atoms with van der Waals surface area (Å²) < 4.78 is 12.1. The summed E-state index contributed by atoms with van der Waals surface area (Å²) in [6.45, 7) is 1.97. The second kappa shape index (κ2) is 8.74. The summed E-state index contributed by atoms with van der Waals surface area (Å²) in [5.41, 5.74) is 0. The predicted octanol–water partition coefficient (Wildman–Crippen LogP) is 8.19. The van der Waals surface area contributed by atoms with Crippen LogP contribution in [0.5, 0.6) is 11.5 Å². The first kappa shape index (κ1) is 21.2. The minimum Gasteiger partial charge on any atom is -0.464 e. The molecule has 0 fully saturated rings. The second-order valence-corrected chi connectivity index (χ2v) is 13.5. The third-order valence-electron chi connectivity index (χ3n) is 3.17. The molecule has 130 valence electrons. The van der Waals surface area contributed by atoms with Crippen LogP contribution < -0.4 is 9.47 Å². The first-order chi connectivity index (χ1) is 11.1. The zero-order valence-electron chi connectivity index (χ0n) is 12.3. The molecule has 2 aromatic rings. The van der Waals surface area contributed by atoms with E-state index in [0.29, 0.717) is 11.5 Å². The van der Waals surface area contributed by atoms with E-state index in [1.165, 1.54) is 0 Å². The number of hydrogen-bond donors (Lipinski definition) is 0. The van der Waals surface area contributed by atoms with Gasteiger partial charge in [0.1, 0.15) is 11.5 Å². The van der Waals surface area contributed by atoms with Crippen molar-refractivity contribution >= 4 is 95.6 Å². The Balaban J connectivity index is 2.19. The van der Waals surface area contributed by atoms with Crippen molar-refractivity contribution in [2.45, 2.75) is 13.8 Å². The number of alkyl halides is 4. The molecule has 0 amide bonds. The smallest absolute Gasteiger partial charge is 0.226 e. The molecule has 0 aliphatic carbocycles. The Labute approximate surface area is 191 Å². The number of rotatable bonds is 6. The molecule has 2 nitrogen and oxygen atoms in total. The highest BCUT2D eigenvalue weighted by Gasteiger charge is 2.47. The summed E-state index contributed by atoms with van der Waals surface area (Å²) >= 11 is 21.4. The maximum absolute atomic E-state index is 6.08. The van der Waals surface area contributed by atoms with Gasteiger partial charge in [-0.05, 0) is 120 Å². The average Bonchev–Trinajstić information content (AvgIpc) is 2.51. The second-order valence-electron chi connectivity index (χ2n) is 4.91. The van der Waals surface area contributed by atoms with E-state index in [1.807, 2.05) is 55.5 Å². The van der Waals surface area contributed by atoms with Crippen LogP contribution in [-0.2, 0) is 0 Å². The summed E-state index contributed by atoms with van der Waals surface area (Å²) in [5.74, 6) is 1.20. The van der Waals surface area contributed by atoms with Crippen molar-refractivity contribution in [3.05, 3.63) is 57.5 Å². The summed E-state index contributed by atoms with van der Waals surface area (Å²) in [6, 6.07) is 15.3. The van der Waals surface area contributed by atoms with Crippen molar-refractivity contribution in [2.75, 3.05) is 0 Å². The van der Waals surface area contributed by atoms with Crippen LogP contribution in [0.15, 0.2) is 57.5 Å². The minimum atomic E-state index is -0.877. The highest BCUT2D eigenvalue weighted by atomic mass is 79.9.